The predicted molar refractivity (Wildman–Crippen MR) is 63.7 cm³/mol. The van der Waals surface area contributed by atoms with Crippen molar-refractivity contribution in [1.29, 1.82) is 0 Å². The molecule has 0 spiro atoms. The molecule has 0 radical (unpaired) electrons. The Morgan fingerprint density at radius 3 is 2.56 bits per heavy atom. The van der Waals surface area contributed by atoms with Crippen LogP contribution in [-0.4, -0.2) is 5.84 Å². The summed E-state index contributed by atoms with van der Waals surface area (Å²) < 4.78 is 5.18. The number of nitrogens with zero attached hydrogens (tertiary/aromatic N) is 1. The number of hydrogen-bond donors (Lipinski definition) is 2. The van der Waals surface area contributed by atoms with Crippen LogP contribution in [0.25, 0.3) is 0 Å². The number of hydrogen-bond acceptors (Lipinski definition) is 3. The number of rotatable bonds is 2. The van der Waals surface area contributed by atoms with Gasteiger partial charge in [0, 0.05) is 5.02 Å². The van der Waals surface area contributed by atoms with Crippen LogP contribution in [0.5, 0.6) is 0 Å². The molecule has 1 aromatic heterocycles. The highest BCUT2D eigenvalue weighted by molar-refractivity contribution is 6.30. The normalized spacial score (nSPS) is 11.5. The zero-order valence-corrected chi connectivity index (χ0v) is 9.11. The lowest BCUT2D eigenvalue weighted by Crippen LogP contribution is -2.30. The molecule has 0 unspecified atom stereocenters. The third kappa shape index (κ3) is 2.42. The molecule has 0 bridgehead atoms. The van der Waals surface area contributed by atoms with E-state index in [4.69, 9.17) is 21.9 Å². The maximum atomic E-state index is 5.77. The number of benzene rings is 1. The van der Waals surface area contributed by atoms with E-state index in [9.17, 15) is 0 Å². The molecule has 0 fully saturated rings. The topological polar surface area (TPSA) is 63.5 Å². The van der Waals surface area contributed by atoms with E-state index in [0.29, 0.717) is 16.6 Å². The number of amidine groups is 1. The lowest BCUT2D eigenvalue weighted by Gasteiger charge is -2.02. The Morgan fingerprint density at radius 2 is 2.00 bits per heavy atom. The van der Waals surface area contributed by atoms with Crippen molar-refractivity contribution in [2.75, 3.05) is 0 Å². The van der Waals surface area contributed by atoms with E-state index in [0.717, 1.165) is 5.69 Å². The Balaban J connectivity index is 2.31. The molecule has 1 heterocycles. The molecule has 82 valence electrons. The van der Waals surface area contributed by atoms with Gasteiger partial charge in [0.15, 0.2) is 11.6 Å². The second kappa shape index (κ2) is 4.83. The summed E-state index contributed by atoms with van der Waals surface area (Å²) >= 11 is 5.77. The summed E-state index contributed by atoms with van der Waals surface area (Å²) in [4.78, 5) is 4.29. The molecule has 0 atom stereocenters. The van der Waals surface area contributed by atoms with E-state index in [1.807, 2.05) is 0 Å². The monoisotopic (exact) mass is 235 g/mol. The average Bonchev–Trinajstić information content (AvgIpc) is 2.82. The first-order valence-electron chi connectivity index (χ1n) is 4.64. The molecule has 3 N–H and O–H groups in total. The van der Waals surface area contributed by atoms with Gasteiger partial charge in [-0.05, 0) is 36.4 Å². The van der Waals surface area contributed by atoms with Crippen LogP contribution in [-0.2, 0) is 0 Å². The molecule has 0 saturated carbocycles. The van der Waals surface area contributed by atoms with Crippen molar-refractivity contribution in [3.05, 3.63) is 53.4 Å². The van der Waals surface area contributed by atoms with Gasteiger partial charge in [-0.1, -0.05) is 11.6 Å². The minimum Gasteiger partial charge on any atom is -0.461 e. The standard InChI is InChI=1S/C11H10ClN3O/c12-8-3-5-9(6-4-8)14-11(15-13)10-2-1-7-16-10/h1-7H,13H2,(H,14,15). The van der Waals surface area contributed by atoms with Crippen LogP contribution < -0.4 is 11.3 Å². The fourth-order valence-corrected chi connectivity index (χ4v) is 1.34. The zero-order chi connectivity index (χ0) is 11.4. The highest BCUT2D eigenvalue weighted by Gasteiger charge is 2.04. The van der Waals surface area contributed by atoms with E-state index >= 15 is 0 Å². The van der Waals surface area contributed by atoms with Crippen molar-refractivity contribution in [2.45, 2.75) is 0 Å². The number of halogens is 1. The largest absolute Gasteiger partial charge is 0.461 e. The van der Waals surface area contributed by atoms with Gasteiger partial charge in [-0.3, -0.25) is 0 Å². The Labute approximate surface area is 97.7 Å². The molecule has 1 aromatic carbocycles. The maximum absolute atomic E-state index is 5.77. The maximum Gasteiger partial charge on any atom is 0.184 e. The van der Waals surface area contributed by atoms with E-state index in [1.54, 1.807) is 42.7 Å². The number of nitrogens with one attached hydrogen (secondary N) is 1. The van der Waals surface area contributed by atoms with Gasteiger partial charge in [0.1, 0.15) is 0 Å². The molecule has 0 aliphatic carbocycles. The smallest absolute Gasteiger partial charge is 0.184 e. The highest BCUT2D eigenvalue weighted by atomic mass is 35.5. The summed E-state index contributed by atoms with van der Waals surface area (Å²) in [6, 6.07) is 10.7. The Bertz CT molecular complexity index is 476. The first kappa shape index (κ1) is 10.7. The minimum absolute atomic E-state index is 0.465. The molecular formula is C11H10ClN3O. The fourth-order valence-electron chi connectivity index (χ4n) is 1.22. The quantitative estimate of drug-likeness (QED) is 0.364. The molecular weight excluding hydrogens is 226 g/mol. The average molecular weight is 236 g/mol. The van der Waals surface area contributed by atoms with Gasteiger partial charge in [-0.25, -0.2) is 10.8 Å². The fraction of sp³-hybridized carbons (Fsp3) is 0. The summed E-state index contributed by atoms with van der Waals surface area (Å²) in [5.41, 5.74) is 3.24. The summed E-state index contributed by atoms with van der Waals surface area (Å²) in [5, 5.41) is 0.666. The van der Waals surface area contributed by atoms with Crippen LogP contribution in [0.1, 0.15) is 5.76 Å². The molecule has 0 amide bonds. The molecule has 2 rings (SSSR count). The van der Waals surface area contributed by atoms with Crippen molar-refractivity contribution in [3.8, 4) is 0 Å². The highest BCUT2D eigenvalue weighted by Crippen LogP contribution is 2.17. The number of hydrazine groups is 1. The molecule has 16 heavy (non-hydrogen) atoms. The summed E-state index contributed by atoms with van der Waals surface area (Å²) in [6.45, 7) is 0. The first-order chi connectivity index (χ1) is 7.79. The van der Waals surface area contributed by atoms with Crippen molar-refractivity contribution < 1.29 is 4.42 Å². The number of furan rings is 1. The lowest BCUT2D eigenvalue weighted by atomic mass is 10.3. The van der Waals surface area contributed by atoms with Gasteiger partial charge < -0.3 is 9.84 Å². The van der Waals surface area contributed by atoms with Crippen LogP contribution in [0.3, 0.4) is 0 Å². The van der Waals surface area contributed by atoms with Crippen LogP contribution >= 0.6 is 11.6 Å². The van der Waals surface area contributed by atoms with Crippen molar-refractivity contribution >= 4 is 23.1 Å². The summed E-state index contributed by atoms with van der Waals surface area (Å²) in [6.07, 6.45) is 1.56. The van der Waals surface area contributed by atoms with Gasteiger partial charge in [0.05, 0.1) is 12.0 Å². The van der Waals surface area contributed by atoms with Gasteiger partial charge in [0.25, 0.3) is 0 Å². The summed E-state index contributed by atoms with van der Waals surface area (Å²) in [5.74, 6) is 6.42. The van der Waals surface area contributed by atoms with Crippen LogP contribution in [0, 0.1) is 0 Å². The molecule has 0 saturated heterocycles. The number of aliphatic imine (C=N–C) groups is 1. The minimum atomic E-state index is 0.465. The molecule has 4 nitrogen and oxygen atoms in total. The van der Waals surface area contributed by atoms with E-state index in [-0.39, 0.29) is 0 Å². The Morgan fingerprint density at radius 1 is 1.25 bits per heavy atom. The van der Waals surface area contributed by atoms with Crippen molar-refractivity contribution in [1.82, 2.24) is 5.43 Å². The SMILES string of the molecule is NNC(=Nc1ccc(Cl)cc1)c1ccco1. The van der Waals surface area contributed by atoms with E-state index in [1.165, 1.54) is 0 Å². The summed E-state index contributed by atoms with van der Waals surface area (Å²) in [7, 11) is 0. The van der Waals surface area contributed by atoms with Gasteiger partial charge in [0.2, 0.25) is 0 Å². The van der Waals surface area contributed by atoms with Gasteiger partial charge in [-0.2, -0.15) is 0 Å². The van der Waals surface area contributed by atoms with Gasteiger partial charge >= 0.3 is 0 Å². The van der Waals surface area contributed by atoms with E-state index < -0.39 is 0 Å². The third-order valence-corrected chi connectivity index (χ3v) is 2.21. The van der Waals surface area contributed by atoms with Crippen molar-refractivity contribution in [2.24, 2.45) is 10.8 Å². The van der Waals surface area contributed by atoms with Crippen LogP contribution in [0.4, 0.5) is 5.69 Å². The predicted octanol–water partition coefficient (Wildman–Crippen LogP) is 2.47. The third-order valence-electron chi connectivity index (χ3n) is 1.96. The second-order valence-corrected chi connectivity index (χ2v) is 3.49. The molecule has 0 aliphatic heterocycles. The van der Waals surface area contributed by atoms with Crippen LogP contribution in [0.15, 0.2) is 52.1 Å². The van der Waals surface area contributed by atoms with E-state index in [2.05, 4.69) is 10.4 Å². The first-order valence-corrected chi connectivity index (χ1v) is 5.02. The van der Waals surface area contributed by atoms with Crippen molar-refractivity contribution in [3.63, 3.8) is 0 Å². The number of nitrogens with two attached hydrogens (primary N) is 1. The lowest BCUT2D eigenvalue weighted by molar-refractivity contribution is 0.554. The van der Waals surface area contributed by atoms with Crippen LogP contribution in [0.2, 0.25) is 5.02 Å². The zero-order valence-electron chi connectivity index (χ0n) is 8.35. The Hall–Kier alpha value is -1.78. The molecule has 0 aliphatic rings. The molecule has 5 heteroatoms. The second-order valence-electron chi connectivity index (χ2n) is 3.06. The molecule has 2 aromatic rings. The van der Waals surface area contributed by atoms with Gasteiger partial charge in [-0.15, -0.1) is 0 Å². The Kier molecular flexibility index (Phi) is 3.24.